The third kappa shape index (κ3) is 4.25. The van der Waals surface area contributed by atoms with E-state index in [1.54, 1.807) is 20.3 Å². The number of piperazine rings is 1. The number of nitrogens with zero attached hydrogens (tertiary/aromatic N) is 2. The van der Waals surface area contributed by atoms with Gasteiger partial charge in [0.1, 0.15) is 11.5 Å². The normalized spacial score (nSPS) is 14.3. The van der Waals surface area contributed by atoms with Gasteiger partial charge in [-0.2, -0.15) is 0 Å². The molecule has 154 valence electrons. The van der Waals surface area contributed by atoms with Crippen LogP contribution in [0, 0.1) is 0 Å². The summed E-state index contributed by atoms with van der Waals surface area (Å²) in [6, 6.07) is 20.1. The minimum absolute atomic E-state index is 0.0458. The molecule has 5 heteroatoms. The van der Waals surface area contributed by atoms with Crippen LogP contribution in [0.1, 0.15) is 5.56 Å². The lowest BCUT2D eigenvalue weighted by Crippen LogP contribution is -2.48. The summed E-state index contributed by atoms with van der Waals surface area (Å²) in [6.07, 6.45) is 3.56. The van der Waals surface area contributed by atoms with Gasteiger partial charge in [-0.25, -0.2) is 0 Å². The van der Waals surface area contributed by atoms with Crippen molar-refractivity contribution in [2.24, 2.45) is 0 Å². The van der Waals surface area contributed by atoms with Gasteiger partial charge < -0.3 is 19.3 Å². The summed E-state index contributed by atoms with van der Waals surface area (Å²) in [5, 5.41) is 2.24. The Morgan fingerprint density at radius 1 is 0.867 bits per heavy atom. The summed E-state index contributed by atoms with van der Waals surface area (Å²) in [5.74, 6) is 1.75. The lowest BCUT2D eigenvalue weighted by atomic mass is 10.1. The molecule has 1 aliphatic rings. The Bertz CT molecular complexity index is 1070. The van der Waals surface area contributed by atoms with E-state index >= 15 is 0 Å². The zero-order valence-corrected chi connectivity index (χ0v) is 17.4. The first-order chi connectivity index (χ1) is 14.7. The molecule has 30 heavy (non-hydrogen) atoms. The highest BCUT2D eigenvalue weighted by Crippen LogP contribution is 2.28. The molecule has 0 bridgehead atoms. The smallest absolute Gasteiger partial charge is 0.246 e. The third-order valence-corrected chi connectivity index (χ3v) is 5.51. The molecular formula is C25H26N2O3. The number of rotatable bonds is 5. The van der Waals surface area contributed by atoms with Crippen LogP contribution < -0.4 is 14.4 Å². The Labute approximate surface area is 177 Å². The second kappa shape index (κ2) is 8.91. The van der Waals surface area contributed by atoms with Gasteiger partial charge >= 0.3 is 0 Å². The SMILES string of the molecule is COc1ccc2cc(/C=C/C(=O)N3CCN(c4ccccc4OC)CC3)ccc2c1. The molecule has 0 unspecified atom stereocenters. The molecule has 1 saturated heterocycles. The van der Waals surface area contributed by atoms with Gasteiger partial charge in [0, 0.05) is 32.3 Å². The van der Waals surface area contributed by atoms with Crippen LogP contribution in [-0.4, -0.2) is 51.2 Å². The zero-order valence-electron chi connectivity index (χ0n) is 17.4. The average molecular weight is 402 g/mol. The molecule has 1 amide bonds. The third-order valence-electron chi connectivity index (χ3n) is 5.51. The maximum Gasteiger partial charge on any atom is 0.246 e. The molecule has 1 aliphatic heterocycles. The number of hydrogen-bond donors (Lipinski definition) is 0. The molecule has 0 spiro atoms. The monoisotopic (exact) mass is 402 g/mol. The molecule has 0 atom stereocenters. The van der Waals surface area contributed by atoms with E-state index < -0.39 is 0 Å². The number of methoxy groups -OCH3 is 2. The second-order valence-corrected chi connectivity index (χ2v) is 7.29. The summed E-state index contributed by atoms with van der Waals surface area (Å²) in [6.45, 7) is 2.97. The first-order valence-electron chi connectivity index (χ1n) is 10.1. The first-order valence-corrected chi connectivity index (χ1v) is 10.1. The molecule has 4 rings (SSSR count). The fourth-order valence-corrected chi connectivity index (χ4v) is 3.80. The van der Waals surface area contributed by atoms with Gasteiger partial charge in [0.15, 0.2) is 0 Å². The largest absolute Gasteiger partial charge is 0.497 e. The quantitative estimate of drug-likeness (QED) is 0.600. The molecule has 0 N–H and O–H groups in total. The predicted octanol–water partition coefficient (Wildman–Crippen LogP) is 4.22. The van der Waals surface area contributed by atoms with Crippen molar-refractivity contribution in [1.29, 1.82) is 0 Å². The molecule has 3 aromatic rings. The first kappa shape index (κ1) is 19.8. The highest BCUT2D eigenvalue weighted by Gasteiger charge is 2.21. The van der Waals surface area contributed by atoms with Crippen LogP contribution >= 0.6 is 0 Å². The number of hydrogen-bond acceptors (Lipinski definition) is 4. The number of fused-ring (bicyclic) bond motifs is 1. The van der Waals surface area contributed by atoms with Crippen molar-refractivity contribution in [2.45, 2.75) is 0 Å². The minimum atomic E-state index is 0.0458. The van der Waals surface area contributed by atoms with E-state index in [9.17, 15) is 4.79 Å². The zero-order chi connectivity index (χ0) is 20.9. The Morgan fingerprint density at radius 2 is 1.60 bits per heavy atom. The Hall–Kier alpha value is -3.47. The molecule has 1 heterocycles. The molecule has 1 fully saturated rings. The van der Waals surface area contributed by atoms with E-state index in [4.69, 9.17) is 9.47 Å². The summed E-state index contributed by atoms with van der Waals surface area (Å²) in [4.78, 5) is 16.8. The van der Waals surface area contributed by atoms with Crippen LogP contribution in [0.4, 0.5) is 5.69 Å². The summed E-state index contributed by atoms with van der Waals surface area (Å²) in [5.41, 5.74) is 2.09. The number of amides is 1. The van der Waals surface area contributed by atoms with Crippen LogP contribution in [0.3, 0.4) is 0 Å². The average Bonchev–Trinajstić information content (AvgIpc) is 2.82. The van der Waals surface area contributed by atoms with Gasteiger partial charge in [0.05, 0.1) is 19.9 Å². The standard InChI is InChI=1S/C25H26N2O3/c1-29-22-11-10-20-17-19(7-9-21(20)18-22)8-12-25(28)27-15-13-26(14-16-27)23-5-3-4-6-24(23)30-2/h3-12,17-18H,13-16H2,1-2H3/b12-8+. The molecule has 3 aromatic carbocycles. The fraction of sp³-hybridized carbons (Fsp3) is 0.240. The van der Waals surface area contributed by atoms with E-state index in [1.165, 1.54) is 0 Å². The molecule has 0 saturated carbocycles. The molecule has 0 aliphatic carbocycles. The van der Waals surface area contributed by atoms with Crippen molar-refractivity contribution < 1.29 is 14.3 Å². The number of benzene rings is 3. The van der Waals surface area contributed by atoms with Gasteiger partial charge in [-0.1, -0.05) is 30.3 Å². The number of carbonyl (C=O) groups is 1. The number of carbonyl (C=O) groups excluding carboxylic acids is 1. The second-order valence-electron chi connectivity index (χ2n) is 7.29. The van der Waals surface area contributed by atoms with Crippen LogP contribution in [0.5, 0.6) is 11.5 Å². The van der Waals surface area contributed by atoms with Crippen molar-refractivity contribution in [2.75, 3.05) is 45.3 Å². The molecule has 5 nitrogen and oxygen atoms in total. The summed E-state index contributed by atoms with van der Waals surface area (Å²) in [7, 11) is 3.35. The van der Waals surface area contributed by atoms with Gasteiger partial charge in [0.25, 0.3) is 0 Å². The van der Waals surface area contributed by atoms with E-state index in [0.29, 0.717) is 13.1 Å². The summed E-state index contributed by atoms with van der Waals surface area (Å²) < 4.78 is 10.7. The number of para-hydroxylation sites is 2. The van der Waals surface area contributed by atoms with Crippen LogP contribution in [0.25, 0.3) is 16.8 Å². The van der Waals surface area contributed by atoms with E-state index in [1.807, 2.05) is 59.5 Å². The lowest BCUT2D eigenvalue weighted by Gasteiger charge is -2.36. The maximum absolute atomic E-state index is 12.7. The van der Waals surface area contributed by atoms with Crippen molar-refractivity contribution in [3.63, 3.8) is 0 Å². The van der Waals surface area contributed by atoms with Gasteiger partial charge in [-0.3, -0.25) is 4.79 Å². The van der Waals surface area contributed by atoms with E-state index in [-0.39, 0.29) is 5.91 Å². The lowest BCUT2D eigenvalue weighted by molar-refractivity contribution is -0.126. The highest BCUT2D eigenvalue weighted by molar-refractivity contribution is 5.93. The maximum atomic E-state index is 12.7. The fourth-order valence-electron chi connectivity index (χ4n) is 3.80. The predicted molar refractivity (Wildman–Crippen MR) is 121 cm³/mol. The topological polar surface area (TPSA) is 42.0 Å². The van der Waals surface area contributed by atoms with Gasteiger partial charge in [-0.05, 0) is 52.7 Å². The Balaban J connectivity index is 1.39. The molecule has 0 aromatic heterocycles. The Kier molecular flexibility index (Phi) is 5.89. The van der Waals surface area contributed by atoms with Crippen molar-refractivity contribution in [3.8, 4) is 11.5 Å². The van der Waals surface area contributed by atoms with Crippen LogP contribution in [0.2, 0.25) is 0 Å². The number of ether oxygens (including phenoxy) is 2. The van der Waals surface area contributed by atoms with Gasteiger partial charge in [-0.15, -0.1) is 0 Å². The van der Waals surface area contributed by atoms with Crippen molar-refractivity contribution in [3.05, 3.63) is 72.3 Å². The van der Waals surface area contributed by atoms with Gasteiger partial charge in [0.2, 0.25) is 5.91 Å². The minimum Gasteiger partial charge on any atom is -0.497 e. The van der Waals surface area contributed by atoms with Crippen molar-refractivity contribution >= 4 is 28.4 Å². The van der Waals surface area contributed by atoms with E-state index in [0.717, 1.165) is 46.6 Å². The van der Waals surface area contributed by atoms with E-state index in [2.05, 4.69) is 17.0 Å². The van der Waals surface area contributed by atoms with Crippen LogP contribution in [-0.2, 0) is 4.79 Å². The highest BCUT2D eigenvalue weighted by atomic mass is 16.5. The molecule has 0 radical (unpaired) electrons. The number of anilines is 1. The van der Waals surface area contributed by atoms with Crippen LogP contribution in [0.15, 0.2) is 66.7 Å². The molecular weight excluding hydrogens is 376 g/mol. The Morgan fingerprint density at radius 3 is 2.37 bits per heavy atom. The summed E-state index contributed by atoms with van der Waals surface area (Å²) >= 11 is 0. The van der Waals surface area contributed by atoms with Crippen molar-refractivity contribution in [1.82, 2.24) is 4.90 Å².